The van der Waals surface area contributed by atoms with Crippen LogP contribution in [0.15, 0.2) is 66.7 Å². The number of alkyl carbamates (subject to hydrolysis) is 1. The Balaban J connectivity index is 1.15. The SMILES string of the molecule is CC(C)(C)NC(=O)C(=O)[C@H](C[C@@H]1CCNC1=O)NC(=O)[C@H](CC1CCCCC1)NC(=O)[C@H](Cc1cccc2ccccc12)NC(=O)OCc1ccc(OCCCN2CCOCC2)cc1. The Bertz CT molecular complexity index is 2050. The standard InChI is InChI=1S/C49H66N6O9/c1-49(2,3)54-47(60)43(56)40(31-37-21-22-50-44(37)57)51-45(58)41(29-33-11-5-4-6-12-33)52-46(59)42(30-36-15-9-14-35-13-7-8-16-39(35)36)53-48(61)64-32-34-17-19-38(20-18-34)63-26-10-23-55-24-27-62-28-25-55/h7-9,13-20,33,37,40-42H,4-6,10-12,21-32H2,1-3H3,(H,50,57)(H,51,58)(H,52,59)(H,53,61)(H,54,60)/t37-,40-,41-,42-/m0/s1. The lowest BCUT2D eigenvalue weighted by molar-refractivity contribution is -0.142. The summed E-state index contributed by atoms with van der Waals surface area (Å²) < 4.78 is 17.0. The third-order valence-electron chi connectivity index (χ3n) is 12.2. The Morgan fingerprint density at radius 2 is 1.52 bits per heavy atom. The van der Waals surface area contributed by atoms with E-state index < -0.39 is 59.2 Å². The zero-order chi connectivity index (χ0) is 45.5. The predicted molar refractivity (Wildman–Crippen MR) is 242 cm³/mol. The molecule has 1 saturated carbocycles. The highest BCUT2D eigenvalue weighted by Crippen LogP contribution is 2.28. The van der Waals surface area contributed by atoms with Crippen LogP contribution >= 0.6 is 0 Å². The molecule has 3 aromatic carbocycles. The van der Waals surface area contributed by atoms with Gasteiger partial charge in [0.1, 0.15) is 24.4 Å². The van der Waals surface area contributed by atoms with Crippen LogP contribution in [-0.2, 0) is 46.5 Å². The highest BCUT2D eigenvalue weighted by atomic mass is 16.5. The van der Waals surface area contributed by atoms with Crippen LogP contribution in [-0.4, -0.2) is 110 Å². The molecule has 15 heteroatoms. The minimum absolute atomic E-state index is 0.0598. The lowest BCUT2D eigenvalue weighted by Crippen LogP contribution is -2.58. The number of carbonyl (C=O) groups excluding carboxylic acids is 6. The molecule has 5 N–H and O–H groups in total. The van der Waals surface area contributed by atoms with E-state index in [1.165, 1.54) is 0 Å². The quantitative estimate of drug-likeness (QED) is 0.0783. The summed E-state index contributed by atoms with van der Waals surface area (Å²) in [5.41, 5.74) is 0.808. The third kappa shape index (κ3) is 14.8. The third-order valence-corrected chi connectivity index (χ3v) is 12.2. The molecule has 15 nitrogen and oxygen atoms in total. The Labute approximate surface area is 376 Å². The van der Waals surface area contributed by atoms with Gasteiger partial charge in [-0.05, 0) is 86.4 Å². The van der Waals surface area contributed by atoms with Gasteiger partial charge in [0, 0.05) is 44.1 Å². The highest BCUT2D eigenvalue weighted by Gasteiger charge is 2.38. The summed E-state index contributed by atoms with van der Waals surface area (Å²) in [6.07, 6.45) is 5.61. The van der Waals surface area contributed by atoms with Crippen LogP contribution in [0.4, 0.5) is 4.79 Å². The Kier molecular flexibility index (Phi) is 17.5. The second-order valence-electron chi connectivity index (χ2n) is 18.4. The topological polar surface area (TPSA) is 193 Å². The molecule has 0 unspecified atom stereocenters. The smallest absolute Gasteiger partial charge is 0.408 e. The Morgan fingerprint density at radius 1 is 0.812 bits per heavy atom. The van der Waals surface area contributed by atoms with Gasteiger partial charge in [0.25, 0.3) is 5.91 Å². The fraction of sp³-hybridized carbons (Fsp3) is 0.551. The minimum atomic E-state index is -1.31. The Morgan fingerprint density at radius 3 is 2.23 bits per heavy atom. The predicted octanol–water partition coefficient (Wildman–Crippen LogP) is 4.73. The summed E-state index contributed by atoms with van der Waals surface area (Å²) >= 11 is 0. The number of nitrogens with one attached hydrogen (secondary N) is 5. The monoisotopic (exact) mass is 882 g/mol. The van der Waals surface area contributed by atoms with E-state index >= 15 is 0 Å². The van der Waals surface area contributed by atoms with Crippen molar-refractivity contribution in [1.29, 1.82) is 0 Å². The van der Waals surface area contributed by atoms with E-state index in [-0.39, 0.29) is 37.7 Å². The zero-order valence-corrected chi connectivity index (χ0v) is 37.6. The van der Waals surface area contributed by atoms with Crippen molar-refractivity contribution in [2.24, 2.45) is 11.8 Å². The fourth-order valence-electron chi connectivity index (χ4n) is 8.70. The molecule has 6 rings (SSSR count). The van der Waals surface area contributed by atoms with Crippen molar-refractivity contribution in [3.05, 3.63) is 77.9 Å². The van der Waals surface area contributed by atoms with Crippen molar-refractivity contribution in [1.82, 2.24) is 31.5 Å². The van der Waals surface area contributed by atoms with Gasteiger partial charge in [0.05, 0.1) is 25.9 Å². The maximum absolute atomic E-state index is 14.5. The molecule has 2 aliphatic heterocycles. The number of hydrogen-bond acceptors (Lipinski definition) is 10. The van der Waals surface area contributed by atoms with E-state index in [1.807, 2.05) is 66.7 Å². The van der Waals surface area contributed by atoms with E-state index in [9.17, 15) is 28.8 Å². The number of benzene rings is 3. The van der Waals surface area contributed by atoms with Crippen LogP contribution in [0.5, 0.6) is 5.75 Å². The molecule has 0 bridgehead atoms. The minimum Gasteiger partial charge on any atom is -0.494 e. The molecule has 4 atom stereocenters. The largest absolute Gasteiger partial charge is 0.494 e. The molecule has 2 heterocycles. The Hall–Kier alpha value is -5.54. The lowest BCUT2D eigenvalue weighted by atomic mass is 9.84. The van der Waals surface area contributed by atoms with Crippen LogP contribution in [0.2, 0.25) is 0 Å². The number of fused-ring (bicyclic) bond motifs is 1. The van der Waals surface area contributed by atoms with Gasteiger partial charge >= 0.3 is 6.09 Å². The number of hydrogen-bond donors (Lipinski definition) is 5. The van der Waals surface area contributed by atoms with Gasteiger partial charge in [-0.1, -0.05) is 86.7 Å². The van der Waals surface area contributed by atoms with Gasteiger partial charge in [-0.2, -0.15) is 0 Å². The van der Waals surface area contributed by atoms with E-state index in [0.717, 1.165) is 93.3 Å². The first-order valence-electron chi connectivity index (χ1n) is 23.0. The van der Waals surface area contributed by atoms with E-state index in [4.69, 9.17) is 14.2 Å². The van der Waals surface area contributed by atoms with Crippen molar-refractivity contribution in [3.8, 4) is 5.75 Å². The molecule has 3 aromatic rings. The molecular weight excluding hydrogens is 817 g/mol. The van der Waals surface area contributed by atoms with Crippen molar-refractivity contribution in [2.75, 3.05) is 46.0 Å². The van der Waals surface area contributed by atoms with Crippen LogP contribution in [0.3, 0.4) is 0 Å². The average Bonchev–Trinajstić information content (AvgIpc) is 3.70. The molecule has 64 heavy (non-hydrogen) atoms. The molecule has 1 aliphatic carbocycles. The molecule has 3 aliphatic rings. The molecule has 2 saturated heterocycles. The maximum atomic E-state index is 14.5. The number of ketones is 1. The molecule has 0 aromatic heterocycles. The zero-order valence-electron chi connectivity index (χ0n) is 37.6. The molecule has 0 spiro atoms. The summed E-state index contributed by atoms with van der Waals surface area (Å²) in [6, 6.07) is 17.2. The average molecular weight is 883 g/mol. The first-order valence-corrected chi connectivity index (χ1v) is 23.0. The number of carbonyl (C=O) groups is 6. The summed E-state index contributed by atoms with van der Waals surface area (Å²) in [5.74, 6) is -3.00. The van der Waals surface area contributed by atoms with Crippen LogP contribution < -0.4 is 31.3 Å². The molecule has 346 valence electrons. The maximum Gasteiger partial charge on any atom is 0.408 e. The van der Waals surface area contributed by atoms with E-state index in [2.05, 4.69) is 31.5 Å². The first-order chi connectivity index (χ1) is 30.8. The second kappa shape index (κ2) is 23.4. The number of nitrogens with zero attached hydrogens (tertiary/aromatic N) is 1. The normalized spacial score (nSPS) is 18.5. The van der Waals surface area contributed by atoms with E-state index in [0.29, 0.717) is 25.3 Å². The summed E-state index contributed by atoms with van der Waals surface area (Å²) in [7, 11) is 0. The van der Waals surface area contributed by atoms with Gasteiger partial charge in [-0.3, -0.25) is 28.9 Å². The van der Waals surface area contributed by atoms with Gasteiger partial charge in [0.2, 0.25) is 23.5 Å². The van der Waals surface area contributed by atoms with Crippen LogP contribution in [0, 0.1) is 11.8 Å². The fourth-order valence-corrected chi connectivity index (χ4v) is 8.70. The number of morpholine rings is 1. The van der Waals surface area contributed by atoms with Gasteiger partial charge < -0.3 is 40.8 Å². The summed E-state index contributed by atoms with van der Waals surface area (Å²) in [4.78, 5) is 84.3. The lowest BCUT2D eigenvalue weighted by Gasteiger charge is -2.30. The van der Waals surface area contributed by atoms with Gasteiger partial charge in [-0.15, -0.1) is 0 Å². The van der Waals surface area contributed by atoms with Gasteiger partial charge in [-0.25, -0.2) is 4.79 Å². The van der Waals surface area contributed by atoms with Crippen molar-refractivity contribution in [3.63, 3.8) is 0 Å². The van der Waals surface area contributed by atoms with Crippen molar-refractivity contribution < 1.29 is 43.0 Å². The number of rotatable bonds is 20. The summed E-state index contributed by atoms with van der Waals surface area (Å²) in [6.45, 7) is 10.5. The number of amides is 5. The molecule has 3 fully saturated rings. The molecular formula is C49H66N6O9. The van der Waals surface area contributed by atoms with Crippen molar-refractivity contribution in [2.45, 2.75) is 115 Å². The first kappa shape index (κ1) is 47.9. The van der Waals surface area contributed by atoms with Gasteiger partial charge in [0.15, 0.2) is 0 Å². The van der Waals surface area contributed by atoms with Crippen molar-refractivity contribution >= 4 is 46.3 Å². The number of Topliss-reactive ketones (excluding diaryl/α,β-unsaturated/α-hetero) is 1. The van der Waals surface area contributed by atoms with Crippen LogP contribution in [0.1, 0.15) is 89.7 Å². The molecule has 0 radical (unpaired) electrons. The molecule has 5 amide bonds. The highest BCUT2D eigenvalue weighted by molar-refractivity contribution is 6.38. The second-order valence-corrected chi connectivity index (χ2v) is 18.4. The number of ether oxygens (including phenoxy) is 3. The van der Waals surface area contributed by atoms with E-state index in [1.54, 1.807) is 20.8 Å². The van der Waals surface area contributed by atoms with Crippen LogP contribution in [0.25, 0.3) is 10.8 Å². The summed E-state index contributed by atoms with van der Waals surface area (Å²) in [5, 5.41) is 15.8.